The summed E-state index contributed by atoms with van der Waals surface area (Å²) in [4.78, 5) is 4.05. The van der Waals surface area contributed by atoms with Crippen LogP contribution in [0.2, 0.25) is 0 Å². The monoisotopic (exact) mass is 475 g/mol. The van der Waals surface area contributed by atoms with Crippen molar-refractivity contribution in [1.29, 1.82) is 0 Å². The third-order valence-corrected chi connectivity index (χ3v) is 6.79. The van der Waals surface area contributed by atoms with E-state index in [0.29, 0.717) is 29.8 Å². The van der Waals surface area contributed by atoms with Gasteiger partial charge in [-0.25, -0.2) is 16.8 Å². The molecule has 168 valence electrons. The maximum Gasteiger partial charge on any atom is 0.269 e. The predicted molar refractivity (Wildman–Crippen MR) is 125 cm³/mol. The van der Waals surface area contributed by atoms with Gasteiger partial charge in [-0.05, 0) is 48.0 Å². The molecule has 0 aliphatic rings. The number of halogens is 2. The van der Waals surface area contributed by atoms with E-state index in [2.05, 4.69) is 10.3 Å². The highest BCUT2D eigenvalue weighted by Gasteiger charge is 2.21. The Kier molecular flexibility index (Phi) is 7.18. The van der Waals surface area contributed by atoms with Crippen LogP contribution in [0.5, 0.6) is 5.75 Å². The minimum atomic E-state index is -3.83. The molecular formula is C23H23ClFN3O3S. The molecule has 1 N–H and O–H groups in total. The van der Waals surface area contributed by atoms with Crippen molar-refractivity contribution < 1.29 is 17.5 Å². The van der Waals surface area contributed by atoms with E-state index in [9.17, 15) is 12.8 Å². The first-order valence-corrected chi connectivity index (χ1v) is 11.1. The summed E-state index contributed by atoms with van der Waals surface area (Å²) in [6, 6.07) is 13.4. The molecule has 0 saturated carbocycles. The summed E-state index contributed by atoms with van der Waals surface area (Å²) in [5, 5.41) is 3.89. The molecule has 2 aromatic heterocycles. The summed E-state index contributed by atoms with van der Waals surface area (Å²) >= 11 is 0. The molecule has 0 amide bonds. The van der Waals surface area contributed by atoms with Gasteiger partial charge in [0.25, 0.3) is 10.0 Å². The second-order valence-electron chi connectivity index (χ2n) is 7.16. The minimum absolute atomic E-state index is 0. The van der Waals surface area contributed by atoms with E-state index in [1.165, 1.54) is 35.6 Å². The van der Waals surface area contributed by atoms with E-state index in [0.717, 1.165) is 16.5 Å². The zero-order valence-electron chi connectivity index (χ0n) is 17.6. The Bertz CT molecular complexity index is 1340. The van der Waals surface area contributed by atoms with Gasteiger partial charge >= 0.3 is 0 Å². The SMILES string of the molecule is CNCc1cn(S(=O)(=O)c2cccnc2)c2cc(Cc3ccc(OC)cc3F)ccc12.Cl. The fraction of sp³-hybridized carbons (Fsp3) is 0.174. The van der Waals surface area contributed by atoms with Crippen LogP contribution in [-0.4, -0.2) is 31.5 Å². The lowest BCUT2D eigenvalue weighted by Gasteiger charge is -2.09. The van der Waals surface area contributed by atoms with Crippen LogP contribution in [0, 0.1) is 5.82 Å². The fourth-order valence-electron chi connectivity index (χ4n) is 3.58. The first kappa shape index (κ1) is 23.7. The molecule has 0 radical (unpaired) electrons. The molecule has 0 saturated heterocycles. The van der Waals surface area contributed by atoms with E-state index in [-0.39, 0.29) is 23.1 Å². The summed E-state index contributed by atoms with van der Waals surface area (Å²) in [6.07, 6.45) is 4.81. The van der Waals surface area contributed by atoms with Crippen molar-refractivity contribution in [3.63, 3.8) is 0 Å². The predicted octanol–water partition coefficient (Wildman–Crippen LogP) is 4.15. The Morgan fingerprint density at radius 3 is 2.59 bits per heavy atom. The molecule has 6 nitrogen and oxygen atoms in total. The van der Waals surface area contributed by atoms with E-state index >= 15 is 0 Å². The number of pyridine rings is 1. The molecule has 4 rings (SSSR count). The standard InChI is InChI=1S/C23H22FN3O3S.ClH/c1-25-13-18-15-27(31(28,29)20-4-3-9-26-14-20)23-11-16(5-8-21(18)23)10-17-6-7-19(30-2)12-22(17)24;/h3-9,11-12,14-15,25H,10,13H2,1-2H3;1H. The van der Waals surface area contributed by atoms with Gasteiger partial charge in [-0.1, -0.05) is 18.2 Å². The van der Waals surface area contributed by atoms with Crippen LogP contribution < -0.4 is 10.1 Å². The van der Waals surface area contributed by atoms with Gasteiger partial charge in [0.15, 0.2) is 0 Å². The highest BCUT2D eigenvalue weighted by molar-refractivity contribution is 7.90. The number of rotatable bonds is 7. The molecule has 32 heavy (non-hydrogen) atoms. The highest BCUT2D eigenvalue weighted by Crippen LogP contribution is 2.28. The van der Waals surface area contributed by atoms with Crippen LogP contribution in [0.15, 0.2) is 72.0 Å². The van der Waals surface area contributed by atoms with Crippen molar-refractivity contribution in [2.45, 2.75) is 17.9 Å². The molecule has 0 bridgehead atoms. The van der Waals surface area contributed by atoms with Gasteiger partial charge in [0, 0.05) is 43.0 Å². The van der Waals surface area contributed by atoms with Gasteiger partial charge in [-0.2, -0.15) is 0 Å². The van der Waals surface area contributed by atoms with Crippen molar-refractivity contribution in [1.82, 2.24) is 14.3 Å². The molecule has 0 atom stereocenters. The number of hydrogen-bond donors (Lipinski definition) is 1. The van der Waals surface area contributed by atoms with E-state index in [4.69, 9.17) is 4.74 Å². The van der Waals surface area contributed by atoms with Crippen LogP contribution in [0.1, 0.15) is 16.7 Å². The zero-order chi connectivity index (χ0) is 22.0. The van der Waals surface area contributed by atoms with Crippen molar-refractivity contribution in [3.05, 3.63) is 89.6 Å². The maximum atomic E-state index is 14.4. The number of nitrogens with zero attached hydrogens (tertiary/aromatic N) is 2. The number of hydrogen-bond acceptors (Lipinski definition) is 5. The Morgan fingerprint density at radius 1 is 1.12 bits per heavy atom. The van der Waals surface area contributed by atoms with Crippen LogP contribution in [0.25, 0.3) is 10.9 Å². The average molecular weight is 476 g/mol. The summed E-state index contributed by atoms with van der Waals surface area (Å²) in [7, 11) is -0.541. The molecular weight excluding hydrogens is 453 g/mol. The van der Waals surface area contributed by atoms with E-state index in [1.54, 1.807) is 37.5 Å². The molecule has 9 heteroatoms. The van der Waals surface area contributed by atoms with Crippen molar-refractivity contribution in [2.75, 3.05) is 14.2 Å². The fourth-order valence-corrected chi connectivity index (χ4v) is 4.93. The number of ether oxygens (including phenoxy) is 1. The van der Waals surface area contributed by atoms with Gasteiger partial charge in [0.2, 0.25) is 0 Å². The molecule has 0 spiro atoms. The summed E-state index contributed by atoms with van der Waals surface area (Å²) in [6.45, 7) is 0.512. The zero-order valence-corrected chi connectivity index (χ0v) is 19.2. The van der Waals surface area contributed by atoms with Gasteiger partial charge in [-0.15, -0.1) is 12.4 Å². The molecule has 0 fully saturated rings. The van der Waals surface area contributed by atoms with Crippen molar-refractivity contribution >= 4 is 33.3 Å². The Labute approximate surface area is 192 Å². The third-order valence-electron chi connectivity index (χ3n) is 5.13. The smallest absolute Gasteiger partial charge is 0.269 e. The summed E-state index contributed by atoms with van der Waals surface area (Å²) < 4.78 is 47.3. The topological polar surface area (TPSA) is 73.2 Å². The number of aromatic nitrogens is 2. The minimum Gasteiger partial charge on any atom is -0.497 e. The van der Waals surface area contributed by atoms with E-state index < -0.39 is 10.0 Å². The quantitative estimate of drug-likeness (QED) is 0.434. The van der Waals surface area contributed by atoms with Crippen LogP contribution >= 0.6 is 12.4 Å². The maximum absolute atomic E-state index is 14.4. The molecule has 0 aliphatic carbocycles. The number of fused-ring (bicyclic) bond motifs is 1. The molecule has 0 aliphatic heterocycles. The first-order chi connectivity index (χ1) is 14.9. The Morgan fingerprint density at radius 2 is 1.94 bits per heavy atom. The number of methoxy groups -OCH3 is 1. The lowest BCUT2D eigenvalue weighted by Crippen LogP contribution is -2.12. The average Bonchev–Trinajstić information content (AvgIpc) is 3.14. The molecule has 2 heterocycles. The Balaban J connectivity index is 0.00000289. The second-order valence-corrected chi connectivity index (χ2v) is 8.97. The normalized spacial score (nSPS) is 11.3. The Hall–Kier alpha value is -2.94. The summed E-state index contributed by atoms with van der Waals surface area (Å²) in [5.41, 5.74) is 2.70. The summed E-state index contributed by atoms with van der Waals surface area (Å²) in [5.74, 6) is 0.0820. The number of benzene rings is 2. The second kappa shape index (κ2) is 9.68. The highest BCUT2D eigenvalue weighted by atomic mass is 35.5. The van der Waals surface area contributed by atoms with Crippen LogP contribution in [0.4, 0.5) is 4.39 Å². The van der Waals surface area contributed by atoms with Gasteiger partial charge in [0.05, 0.1) is 12.6 Å². The van der Waals surface area contributed by atoms with Gasteiger partial charge < -0.3 is 10.1 Å². The molecule has 0 unspecified atom stereocenters. The van der Waals surface area contributed by atoms with Crippen molar-refractivity contribution in [3.8, 4) is 5.75 Å². The van der Waals surface area contributed by atoms with Gasteiger partial charge in [0.1, 0.15) is 16.5 Å². The third kappa shape index (κ3) is 4.48. The van der Waals surface area contributed by atoms with Crippen molar-refractivity contribution in [2.24, 2.45) is 0 Å². The molecule has 4 aromatic rings. The van der Waals surface area contributed by atoms with Crippen LogP contribution in [0.3, 0.4) is 0 Å². The van der Waals surface area contributed by atoms with Gasteiger partial charge in [-0.3, -0.25) is 4.98 Å². The number of nitrogens with one attached hydrogen (secondary N) is 1. The molecule has 2 aromatic carbocycles. The first-order valence-electron chi connectivity index (χ1n) is 9.69. The largest absolute Gasteiger partial charge is 0.497 e. The lowest BCUT2D eigenvalue weighted by atomic mass is 10.0. The lowest BCUT2D eigenvalue weighted by molar-refractivity contribution is 0.411. The van der Waals surface area contributed by atoms with E-state index in [1.807, 2.05) is 12.1 Å². The van der Waals surface area contributed by atoms with Crippen LogP contribution in [-0.2, 0) is 23.0 Å².